The lowest BCUT2D eigenvalue weighted by Crippen LogP contribution is -2.15. The summed E-state index contributed by atoms with van der Waals surface area (Å²) < 4.78 is 0. The third kappa shape index (κ3) is 4.99. The Bertz CT molecular complexity index is 1780. The zero-order valence-electron chi connectivity index (χ0n) is 21.5. The van der Waals surface area contributed by atoms with Crippen molar-refractivity contribution in [3.05, 3.63) is 90.0 Å². The number of phenolic OH excluding ortho intramolecular Hbond substituents is 2. The van der Waals surface area contributed by atoms with E-state index in [9.17, 15) is 20.1 Å². The van der Waals surface area contributed by atoms with E-state index >= 15 is 0 Å². The molecule has 0 radical (unpaired) electrons. The molecule has 0 atom stereocenters. The Labute approximate surface area is 223 Å². The van der Waals surface area contributed by atoms with E-state index in [4.69, 9.17) is 0 Å². The van der Waals surface area contributed by atoms with Gasteiger partial charge in [0, 0.05) is 16.7 Å². The fraction of sp³-hybridized carbons (Fsp3) is 0.138. The van der Waals surface area contributed by atoms with Gasteiger partial charge in [-0.25, -0.2) is 4.79 Å². The lowest BCUT2D eigenvalue weighted by molar-refractivity contribution is 0.0696. The highest BCUT2D eigenvalue weighted by atomic mass is 16.4. The van der Waals surface area contributed by atoms with Crippen molar-refractivity contribution in [2.45, 2.75) is 26.2 Å². The number of rotatable bonds is 3. The van der Waals surface area contributed by atoms with Gasteiger partial charge >= 0.3 is 5.97 Å². The zero-order chi connectivity index (χ0) is 27.7. The number of carboxylic acid groups (broad SMARTS) is 1. The zero-order valence-corrected chi connectivity index (χ0v) is 21.5. The number of hydrogen-bond donors (Lipinski definition) is 4. The number of phenols is 2. The fourth-order valence-electron chi connectivity index (χ4n) is 4.22. The minimum absolute atomic E-state index is 0.0113. The van der Waals surface area contributed by atoms with E-state index in [1.54, 1.807) is 12.1 Å². The van der Waals surface area contributed by atoms with E-state index in [1.165, 1.54) is 16.9 Å². The van der Waals surface area contributed by atoms with Gasteiger partial charge in [-0.15, -0.1) is 15.0 Å². The Balaban J connectivity index is 0.000000168. The summed E-state index contributed by atoms with van der Waals surface area (Å²) in [5.74, 6) is -0.825. The van der Waals surface area contributed by atoms with Crippen LogP contribution in [0.1, 0.15) is 36.7 Å². The first-order valence-corrected chi connectivity index (χ1v) is 12.1. The van der Waals surface area contributed by atoms with E-state index in [1.807, 2.05) is 75.4 Å². The molecule has 0 spiro atoms. The van der Waals surface area contributed by atoms with Gasteiger partial charge in [-0.1, -0.05) is 63.2 Å². The van der Waals surface area contributed by atoms with Gasteiger partial charge in [0.05, 0.1) is 5.56 Å². The first-order chi connectivity index (χ1) is 18.6. The molecule has 10 nitrogen and oxygen atoms in total. The first kappa shape index (κ1) is 25.4. The molecule has 6 aromatic rings. The van der Waals surface area contributed by atoms with Gasteiger partial charge in [0.2, 0.25) is 0 Å². The molecule has 10 heteroatoms. The van der Waals surface area contributed by atoms with Crippen LogP contribution < -0.4 is 0 Å². The maximum atomic E-state index is 11.4. The van der Waals surface area contributed by atoms with Crippen LogP contribution in [-0.2, 0) is 5.41 Å². The lowest BCUT2D eigenvalue weighted by Gasteiger charge is -2.22. The second-order valence-electron chi connectivity index (χ2n) is 9.94. The number of hydrogen-bond acceptors (Lipinski definition) is 7. The molecule has 0 aliphatic heterocycles. The van der Waals surface area contributed by atoms with Gasteiger partial charge in [0.25, 0.3) is 0 Å². The molecule has 39 heavy (non-hydrogen) atoms. The summed E-state index contributed by atoms with van der Waals surface area (Å²) in [7, 11) is 0. The highest BCUT2D eigenvalue weighted by Crippen LogP contribution is 2.36. The van der Waals surface area contributed by atoms with Gasteiger partial charge in [-0.3, -0.25) is 0 Å². The third-order valence-corrected chi connectivity index (χ3v) is 6.19. The van der Waals surface area contributed by atoms with Crippen LogP contribution >= 0.6 is 0 Å². The number of aromatic hydroxyl groups is 2. The van der Waals surface area contributed by atoms with Crippen LogP contribution in [0.25, 0.3) is 38.9 Å². The third-order valence-electron chi connectivity index (χ3n) is 6.19. The quantitative estimate of drug-likeness (QED) is 0.240. The number of benzene rings is 4. The molecule has 0 amide bonds. The standard InChI is InChI=1S/C17H17N3O3.C12H9N3O/c1-17(2,3)11-8-10(16(22)23)9-14(15(11)21)20-18-12-6-4-5-7-13(12)19-20;16-11-7-2-1-4-8(11)9-5-3-6-10-12(9)14-15-13-10/h4-9,21H,1-3H3,(H,22,23);1-7,16H,(H,13,14,15). The molecule has 196 valence electrons. The predicted molar refractivity (Wildman–Crippen MR) is 147 cm³/mol. The monoisotopic (exact) mass is 522 g/mol. The molecule has 2 heterocycles. The van der Waals surface area contributed by atoms with Crippen molar-refractivity contribution < 1.29 is 20.1 Å². The molecular formula is C29H26N6O4. The summed E-state index contributed by atoms with van der Waals surface area (Å²) >= 11 is 0. The van der Waals surface area contributed by atoms with Gasteiger partial charge in [0.1, 0.15) is 39.3 Å². The Kier molecular flexibility index (Phi) is 6.45. The van der Waals surface area contributed by atoms with Crippen molar-refractivity contribution in [2.24, 2.45) is 0 Å². The molecule has 0 bridgehead atoms. The molecule has 0 saturated heterocycles. The van der Waals surface area contributed by atoms with Crippen LogP contribution in [0.15, 0.2) is 78.9 Å². The maximum Gasteiger partial charge on any atom is 0.335 e. The molecule has 0 saturated carbocycles. The molecule has 0 aliphatic carbocycles. The van der Waals surface area contributed by atoms with Crippen molar-refractivity contribution in [3.8, 4) is 28.3 Å². The van der Waals surface area contributed by atoms with Gasteiger partial charge in [0.15, 0.2) is 0 Å². The van der Waals surface area contributed by atoms with E-state index in [0.29, 0.717) is 16.6 Å². The molecule has 4 N–H and O–H groups in total. The molecule has 0 aliphatic rings. The van der Waals surface area contributed by atoms with Crippen molar-refractivity contribution >= 4 is 28.0 Å². The summed E-state index contributed by atoms with van der Waals surface area (Å²) in [6, 6.07) is 23.1. The normalized spacial score (nSPS) is 11.4. The highest BCUT2D eigenvalue weighted by molar-refractivity contribution is 5.93. The summed E-state index contributed by atoms with van der Waals surface area (Å²) in [4.78, 5) is 12.7. The summed E-state index contributed by atoms with van der Waals surface area (Å²) in [5, 5.41) is 49.1. The smallest absolute Gasteiger partial charge is 0.335 e. The summed E-state index contributed by atoms with van der Waals surface area (Å²) in [6.45, 7) is 5.72. The van der Waals surface area contributed by atoms with Crippen LogP contribution in [0.5, 0.6) is 11.5 Å². The van der Waals surface area contributed by atoms with Crippen LogP contribution in [-0.4, -0.2) is 51.7 Å². The van der Waals surface area contributed by atoms with Crippen molar-refractivity contribution in [2.75, 3.05) is 0 Å². The fourth-order valence-corrected chi connectivity index (χ4v) is 4.22. The van der Waals surface area contributed by atoms with E-state index in [2.05, 4.69) is 25.6 Å². The van der Waals surface area contributed by atoms with Crippen LogP contribution in [0, 0.1) is 0 Å². The molecule has 0 unspecified atom stereocenters. The Morgan fingerprint density at radius 2 is 1.41 bits per heavy atom. The number of nitrogens with zero attached hydrogens (tertiary/aromatic N) is 5. The van der Waals surface area contributed by atoms with E-state index in [-0.39, 0.29) is 22.7 Å². The van der Waals surface area contributed by atoms with Crippen molar-refractivity contribution in [1.82, 2.24) is 30.4 Å². The van der Waals surface area contributed by atoms with Gasteiger partial charge < -0.3 is 15.3 Å². The number of aromatic amines is 1. The minimum Gasteiger partial charge on any atom is -0.507 e. The minimum atomic E-state index is -1.06. The summed E-state index contributed by atoms with van der Waals surface area (Å²) in [6.07, 6.45) is 0. The summed E-state index contributed by atoms with van der Waals surface area (Å²) in [5.41, 5.74) is 5.01. The van der Waals surface area contributed by atoms with Crippen LogP contribution in [0.2, 0.25) is 0 Å². The van der Waals surface area contributed by atoms with E-state index in [0.717, 1.165) is 22.2 Å². The van der Waals surface area contributed by atoms with Crippen molar-refractivity contribution in [1.29, 1.82) is 0 Å². The predicted octanol–water partition coefficient (Wildman–Crippen LogP) is 5.45. The Morgan fingerprint density at radius 1 is 0.795 bits per heavy atom. The number of aromatic carboxylic acids is 1. The van der Waals surface area contributed by atoms with E-state index < -0.39 is 11.4 Å². The molecule has 2 aromatic heterocycles. The largest absolute Gasteiger partial charge is 0.507 e. The topological polar surface area (TPSA) is 150 Å². The number of para-hydroxylation sites is 2. The number of carbonyl (C=O) groups is 1. The SMILES string of the molecule is CC(C)(C)c1cc(C(=O)O)cc(-n2nc3ccccc3n2)c1O.Oc1ccccc1-c1cccc2n[nH]nc12. The number of nitrogens with one attached hydrogen (secondary N) is 1. The van der Waals surface area contributed by atoms with Crippen molar-refractivity contribution in [3.63, 3.8) is 0 Å². The second-order valence-corrected chi connectivity index (χ2v) is 9.94. The number of H-pyrrole nitrogens is 1. The number of fused-ring (bicyclic) bond motifs is 2. The maximum absolute atomic E-state index is 11.4. The molecule has 4 aromatic carbocycles. The Hall–Kier alpha value is -5.25. The molecule has 6 rings (SSSR count). The van der Waals surface area contributed by atoms with Gasteiger partial charge in [-0.05, 0) is 41.8 Å². The van der Waals surface area contributed by atoms with Gasteiger partial charge in [-0.2, -0.15) is 15.4 Å². The lowest BCUT2D eigenvalue weighted by atomic mass is 9.85. The number of aromatic nitrogens is 6. The average Bonchev–Trinajstić information content (AvgIpc) is 3.56. The highest BCUT2D eigenvalue weighted by Gasteiger charge is 2.24. The Morgan fingerprint density at radius 3 is 2.05 bits per heavy atom. The van der Waals surface area contributed by atoms with Crippen LogP contribution in [0.3, 0.4) is 0 Å². The second kappa shape index (κ2) is 9.90. The molecule has 0 fully saturated rings. The van der Waals surface area contributed by atoms with Crippen LogP contribution in [0.4, 0.5) is 0 Å². The first-order valence-electron chi connectivity index (χ1n) is 12.1. The average molecular weight is 523 g/mol. The molecular weight excluding hydrogens is 496 g/mol. The number of carboxylic acids is 1.